The molecule has 1 aromatic heterocycles. The lowest BCUT2D eigenvalue weighted by Gasteiger charge is -2.12. The molecule has 1 aromatic carbocycles. The molecule has 0 fully saturated rings. The van der Waals surface area contributed by atoms with Gasteiger partial charge in [0.1, 0.15) is 0 Å². The summed E-state index contributed by atoms with van der Waals surface area (Å²) in [6.45, 7) is 5.53. The van der Waals surface area contributed by atoms with Crippen LogP contribution in [0.25, 0.3) is 11.3 Å². The van der Waals surface area contributed by atoms with Crippen molar-refractivity contribution in [1.82, 2.24) is 9.71 Å². The molecule has 1 N–H and O–H groups in total. The number of aryl methyl sites for hydroxylation is 1. The zero-order valence-corrected chi connectivity index (χ0v) is 12.6. The van der Waals surface area contributed by atoms with Gasteiger partial charge in [-0.05, 0) is 37.6 Å². The van der Waals surface area contributed by atoms with E-state index in [1.165, 1.54) is 0 Å². The van der Waals surface area contributed by atoms with E-state index in [2.05, 4.69) is 9.71 Å². The first kappa shape index (κ1) is 14.7. The van der Waals surface area contributed by atoms with Crippen molar-refractivity contribution in [2.75, 3.05) is 0 Å². The molecule has 0 bridgehead atoms. The van der Waals surface area contributed by atoms with Crippen LogP contribution in [0.15, 0.2) is 39.8 Å². The van der Waals surface area contributed by atoms with E-state index in [1.807, 2.05) is 13.8 Å². The highest BCUT2D eigenvalue weighted by atomic mass is 32.2. The Labute approximate surface area is 119 Å². The molecule has 0 saturated heterocycles. The molecule has 108 valence electrons. The largest absolute Gasteiger partial charge is 0.441 e. The normalized spacial score (nSPS) is 13.3. The average molecular weight is 294 g/mol. The molecule has 0 radical (unpaired) electrons. The van der Waals surface area contributed by atoms with Crippen molar-refractivity contribution in [2.45, 2.75) is 38.1 Å². The first-order valence-electron chi connectivity index (χ1n) is 6.47. The highest BCUT2D eigenvalue weighted by molar-refractivity contribution is 7.89. The van der Waals surface area contributed by atoms with Gasteiger partial charge in [-0.2, -0.15) is 0 Å². The number of nitrogens with one attached hydrogen (secondary N) is 1. The van der Waals surface area contributed by atoms with E-state index in [0.717, 1.165) is 12.0 Å². The first-order valence-corrected chi connectivity index (χ1v) is 7.96. The minimum atomic E-state index is -3.46. The van der Waals surface area contributed by atoms with Gasteiger partial charge in [0.05, 0.1) is 11.1 Å². The van der Waals surface area contributed by atoms with Crippen LogP contribution >= 0.6 is 0 Å². The summed E-state index contributed by atoms with van der Waals surface area (Å²) in [6, 6.07) is 6.48. The standard InChI is InChI=1S/C14H18N2O3S/c1-4-10(2)16-20(17,18)13-7-5-12(6-8-13)14-9-15-11(3)19-14/h5-10,16H,4H2,1-3H3. The Bertz CT molecular complexity index is 675. The second kappa shape index (κ2) is 5.76. The maximum absolute atomic E-state index is 12.1. The molecule has 20 heavy (non-hydrogen) atoms. The topological polar surface area (TPSA) is 72.2 Å². The van der Waals surface area contributed by atoms with Gasteiger partial charge in [0, 0.05) is 18.5 Å². The minimum Gasteiger partial charge on any atom is -0.441 e. The Morgan fingerprint density at radius 2 is 1.95 bits per heavy atom. The molecule has 0 saturated carbocycles. The Hall–Kier alpha value is -1.66. The van der Waals surface area contributed by atoms with Crippen LogP contribution in [0.3, 0.4) is 0 Å². The second-order valence-corrected chi connectivity index (χ2v) is 6.41. The van der Waals surface area contributed by atoms with Crippen molar-refractivity contribution in [1.29, 1.82) is 0 Å². The van der Waals surface area contributed by atoms with Crippen molar-refractivity contribution < 1.29 is 12.8 Å². The fraction of sp³-hybridized carbons (Fsp3) is 0.357. The number of hydrogen-bond acceptors (Lipinski definition) is 4. The zero-order valence-electron chi connectivity index (χ0n) is 11.8. The van der Waals surface area contributed by atoms with Gasteiger partial charge in [0.2, 0.25) is 10.0 Å². The number of aromatic nitrogens is 1. The van der Waals surface area contributed by atoms with Gasteiger partial charge in [-0.15, -0.1) is 0 Å². The van der Waals surface area contributed by atoms with Gasteiger partial charge in [0.25, 0.3) is 0 Å². The summed E-state index contributed by atoms with van der Waals surface area (Å²) in [5.41, 5.74) is 0.799. The van der Waals surface area contributed by atoms with Crippen LogP contribution in [-0.4, -0.2) is 19.4 Å². The Morgan fingerprint density at radius 3 is 2.45 bits per heavy atom. The van der Waals surface area contributed by atoms with E-state index in [1.54, 1.807) is 37.4 Å². The van der Waals surface area contributed by atoms with Gasteiger partial charge >= 0.3 is 0 Å². The van der Waals surface area contributed by atoms with Crippen molar-refractivity contribution in [3.63, 3.8) is 0 Å². The minimum absolute atomic E-state index is 0.0865. The number of sulfonamides is 1. The highest BCUT2D eigenvalue weighted by Crippen LogP contribution is 2.22. The van der Waals surface area contributed by atoms with Crippen LogP contribution in [-0.2, 0) is 10.0 Å². The maximum Gasteiger partial charge on any atom is 0.240 e. The molecule has 0 aliphatic rings. The van der Waals surface area contributed by atoms with E-state index in [4.69, 9.17) is 4.42 Å². The summed E-state index contributed by atoms with van der Waals surface area (Å²) in [7, 11) is -3.46. The van der Waals surface area contributed by atoms with Crippen molar-refractivity contribution in [3.05, 3.63) is 36.4 Å². The molecule has 6 heteroatoms. The summed E-state index contributed by atoms with van der Waals surface area (Å²) in [4.78, 5) is 4.27. The number of nitrogens with zero attached hydrogens (tertiary/aromatic N) is 1. The van der Waals surface area contributed by atoms with Crippen LogP contribution in [0.2, 0.25) is 0 Å². The number of hydrogen-bond donors (Lipinski definition) is 1. The molecule has 1 atom stereocenters. The van der Waals surface area contributed by atoms with Crippen LogP contribution < -0.4 is 4.72 Å². The number of rotatable bonds is 5. The maximum atomic E-state index is 12.1. The number of benzene rings is 1. The molecular formula is C14H18N2O3S. The molecule has 2 rings (SSSR count). The lowest BCUT2D eigenvalue weighted by atomic mass is 10.2. The van der Waals surface area contributed by atoms with E-state index >= 15 is 0 Å². The molecule has 0 aliphatic heterocycles. The molecule has 1 heterocycles. The third-order valence-electron chi connectivity index (χ3n) is 3.04. The fourth-order valence-corrected chi connectivity index (χ4v) is 3.04. The van der Waals surface area contributed by atoms with E-state index in [0.29, 0.717) is 11.7 Å². The summed E-state index contributed by atoms with van der Waals surface area (Å²) in [5.74, 6) is 1.21. The first-order chi connectivity index (χ1) is 9.42. The third-order valence-corrected chi connectivity index (χ3v) is 4.64. The summed E-state index contributed by atoms with van der Waals surface area (Å²) in [6.07, 6.45) is 2.37. The smallest absolute Gasteiger partial charge is 0.240 e. The van der Waals surface area contributed by atoms with Crippen molar-refractivity contribution in [3.8, 4) is 11.3 Å². The zero-order chi connectivity index (χ0) is 14.8. The number of oxazole rings is 1. The summed E-state index contributed by atoms with van der Waals surface area (Å²) >= 11 is 0. The highest BCUT2D eigenvalue weighted by Gasteiger charge is 2.16. The van der Waals surface area contributed by atoms with Crippen LogP contribution in [0.4, 0.5) is 0 Å². The summed E-state index contributed by atoms with van der Waals surface area (Å²) in [5, 5.41) is 0. The van der Waals surface area contributed by atoms with E-state index in [-0.39, 0.29) is 10.9 Å². The SMILES string of the molecule is CCC(C)NS(=O)(=O)c1ccc(-c2cnc(C)o2)cc1. The van der Waals surface area contributed by atoms with E-state index < -0.39 is 10.0 Å². The van der Waals surface area contributed by atoms with Gasteiger partial charge in [-0.3, -0.25) is 0 Å². The van der Waals surface area contributed by atoms with Crippen molar-refractivity contribution in [2.24, 2.45) is 0 Å². The molecule has 5 nitrogen and oxygen atoms in total. The lowest BCUT2D eigenvalue weighted by molar-refractivity contribution is 0.534. The predicted octanol–water partition coefficient (Wildman–Crippen LogP) is 2.73. The Kier molecular flexibility index (Phi) is 4.25. The van der Waals surface area contributed by atoms with Gasteiger partial charge in [-0.1, -0.05) is 6.92 Å². The monoisotopic (exact) mass is 294 g/mol. The molecule has 0 aliphatic carbocycles. The molecule has 1 unspecified atom stereocenters. The van der Waals surface area contributed by atoms with Gasteiger partial charge in [-0.25, -0.2) is 18.1 Å². The van der Waals surface area contributed by atoms with Gasteiger partial charge < -0.3 is 4.42 Å². The second-order valence-electron chi connectivity index (χ2n) is 4.70. The average Bonchev–Trinajstić information content (AvgIpc) is 2.85. The quantitative estimate of drug-likeness (QED) is 0.920. The summed E-state index contributed by atoms with van der Waals surface area (Å²) < 4.78 is 32.2. The third kappa shape index (κ3) is 3.26. The fourth-order valence-electron chi connectivity index (χ4n) is 1.71. The van der Waals surface area contributed by atoms with E-state index in [9.17, 15) is 8.42 Å². The molecular weight excluding hydrogens is 276 g/mol. The van der Waals surface area contributed by atoms with Crippen LogP contribution in [0, 0.1) is 6.92 Å². The lowest BCUT2D eigenvalue weighted by Crippen LogP contribution is -2.31. The molecule has 0 spiro atoms. The van der Waals surface area contributed by atoms with Crippen LogP contribution in [0.1, 0.15) is 26.2 Å². The Morgan fingerprint density at radius 1 is 1.30 bits per heavy atom. The van der Waals surface area contributed by atoms with Gasteiger partial charge in [0.15, 0.2) is 11.7 Å². The predicted molar refractivity (Wildman–Crippen MR) is 76.8 cm³/mol. The molecule has 2 aromatic rings. The van der Waals surface area contributed by atoms with Crippen LogP contribution in [0.5, 0.6) is 0 Å². The molecule has 0 amide bonds. The van der Waals surface area contributed by atoms with Crippen molar-refractivity contribution >= 4 is 10.0 Å². The Balaban J connectivity index is 2.24.